The molecule has 0 fully saturated rings. The first-order valence-corrected chi connectivity index (χ1v) is 6.76. The SMILES string of the molecule is CCCCC(C(N)=O)n1cnc2ccsc2c1=O. The number of amides is 1. The summed E-state index contributed by atoms with van der Waals surface area (Å²) in [6, 6.07) is 1.19. The van der Waals surface area contributed by atoms with Gasteiger partial charge in [-0.1, -0.05) is 19.8 Å². The number of hydrogen-bond acceptors (Lipinski definition) is 4. The van der Waals surface area contributed by atoms with Crippen LogP contribution in [0.25, 0.3) is 10.2 Å². The van der Waals surface area contributed by atoms with E-state index in [0.29, 0.717) is 16.6 Å². The van der Waals surface area contributed by atoms with Crippen molar-refractivity contribution in [1.29, 1.82) is 0 Å². The number of unbranched alkanes of at least 4 members (excludes halogenated alkanes) is 1. The van der Waals surface area contributed by atoms with Gasteiger partial charge in [0.2, 0.25) is 5.91 Å². The Morgan fingerprint density at radius 3 is 3.06 bits per heavy atom. The van der Waals surface area contributed by atoms with E-state index in [1.54, 1.807) is 6.07 Å². The van der Waals surface area contributed by atoms with Crippen molar-refractivity contribution in [1.82, 2.24) is 9.55 Å². The third-order valence-corrected chi connectivity index (χ3v) is 3.78. The van der Waals surface area contributed by atoms with E-state index in [-0.39, 0.29) is 5.56 Å². The Balaban J connectivity index is 2.46. The fourth-order valence-corrected chi connectivity index (χ4v) is 2.68. The normalized spacial score (nSPS) is 12.7. The lowest BCUT2D eigenvalue weighted by molar-refractivity contribution is -0.121. The highest BCUT2D eigenvalue weighted by Crippen LogP contribution is 2.17. The standard InChI is InChI=1S/C12H15N3O2S/c1-2-3-4-9(11(13)16)15-7-14-8-5-6-18-10(8)12(15)17/h5-7,9H,2-4H2,1H3,(H2,13,16). The minimum atomic E-state index is -0.601. The lowest BCUT2D eigenvalue weighted by atomic mass is 10.1. The van der Waals surface area contributed by atoms with Gasteiger partial charge in [-0.3, -0.25) is 14.2 Å². The molecule has 0 aliphatic rings. The number of carbonyl (C=O) groups excluding carboxylic acids is 1. The van der Waals surface area contributed by atoms with Crippen LogP contribution in [0.1, 0.15) is 32.2 Å². The Bertz CT molecular complexity index is 617. The van der Waals surface area contributed by atoms with Crippen molar-refractivity contribution >= 4 is 27.5 Å². The van der Waals surface area contributed by atoms with Gasteiger partial charge in [0.15, 0.2) is 0 Å². The molecule has 2 aromatic heterocycles. The van der Waals surface area contributed by atoms with Crippen LogP contribution < -0.4 is 11.3 Å². The number of thiophene rings is 1. The molecule has 0 saturated carbocycles. The van der Waals surface area contributed by atoms with Crippen molar-refractivity contribution in [3.05, 3.63) is 28.1 Å². The Hall–Kier alpha value is -1.69. The maximum atomic E-state index is 12.2. The van der Waals surface area contributed by atoms with E-state index in [1.165, 1.54) is 22.2 Å². The fraction of sp³-hybridized carbons (Fsp3) is 0.417. The Labute approximate surface area is 108 Å². The molecule has 0 aliphatic heterocycles. The molecule has 0 spiro atoms. The third kappa shape index (κ3) is 2.28. The largest absolute Gasteiger partial charge is 0.368 e. The first-order valence-electron chi connectivity index (χ1n) is 5.88. The second-order valence-corrected chi connectivity index (χ2v) is 5.07. The minimum Gasteiger partial charge on any atom is -0.368 e. The van der Waals surface area contributed by atoms with Crippen LogP contribution in [0.5, 0.6) is 0 Å². The highest BCUT2D eigenvalue weighted by Gasteiger charge is 2.19. The van der Waals surface area contributed by atoms with Gasteiger partial charge in [0.1, 0.15) is 10.7 Å². The van der Waals surface area contributed by atoms with Crippen molar-refractivity contribution in [2.24, 2.45) is 5.73 Å². The monoisotopic (exact) mass is 265 g/mol. The van der Waals surface area contributed by atoms with E-state index in [0.717, 1.165) is 12.8 Å². The van der Waals surface area contributed by atoms with E-state index < -0.39 is 11.9 Å². The molecule has 0 bridgehead atoms. The van der Waals surface area contributed by atoms with Gasteiger partial charge in [-0.25, -0.2) is 4.98 Å². The molecular formula is C12H15N3O2S. The molecule has 96 valence electrons. The fourth-order valence-electron chi connectivity index (χ4n) is 1.90. The van der Waals surface area contributed by atoms with E-state index in [1.807, 2.05) is 12.3 Å². The van der Waals surface area contributed by atoms with Crippen LogP contribution in [0.4, 0.5) is 0 Å². The summed E-state index contributed by atoms with van der Waals surface area (Å²) in [4.78, 5) is 27.9. The Morgan fingerprint density at radius 1 is 1.61 bits per heavy atom. The maximum Gasteiger partial charge on any atom is 0.272 e. The van der Waals surface area contributed by atoms with Gasteiger partial charge < -0.3 is 5.73 Å². The Morgan fingerprint density at radius 2 is 2.39 bits per heavy atom. The lowest BCUT2D eigenvalue weighted by Crippen LogP contribution is -2.33. The predicted molar refractivity (Wildman–Crippen MR) is 71.6 cm³/mol. The number of nitrogens with two attached hydrogens (primary N) is 1. The summed E-state index contributed by atoms with van der Waals surface area (Å²) in [5, 5.41) is 1.81. The summed E-state index contributed by atoms with van der Waals surface area (Å²) in [6.45, 7) is 2.03. The number of nitrogens with zero attached hydrogens (tertiary/aromatic N) is 2. The predicted octanol–water partition coefficient (Wildman–Crippen LogP) is 1.67. The molecule has 0 aliphatic carbocycles. The molecular weight excluding hydrogens is 250 g/mol. The van der Waals surface area contributed by atoms with E-state index in [4.69, 9.17) is 5.73 Å². The lowest BCUT2D eigenvalue weighted by Gasteiger charge is -2.15. The van der Waals surface area contributed by atoms with Crippen LogP contribution in [0, 0.1) is 0 Å². The van der Waals surface area contributed by atoms with Crippen LogP contribution in [-0.2, 0) is 4.79 Å². The molecule has 0 aromatic carbocycles. The maximum absolute atomic E-state index is 12.2. The van der Waals surface area contributed by atoms with Crippen LogP contribution in [0.3, 0.4) is 0 Å². The molecule has 2 N–H and O–H groups in total. The zero-order valence-electron chi connectivity index (χ0n) is 10.1. The van der Waals surface area contributed by atoms with Crippen molar-refractivity contribution < 1.29 is 4.79 Å². The van der Waals surface area contributed by atoms with Crippen LogP contribution in [0.2, 0.25) is 0 Å². The van der Waals surface area contributed by atoms with Crippen LogP contribution in [0.15, 0.2) is 22.6 Å². The number of primary amides is 1. The molecule has 1 amide bonds. The molecule has 1 unspecified atom stereocenters. The van der Waals surface area contributed by atoms with Gasteiger partial charge in [0.25, 0.3) is 5.56 Å². The topological polar surface area (TPSA) is 78.0 Å². The molecule has 1 atom stereocenters. The zero-order chi connectivity index (χ0) is 13.1. The quantitative estimate of drug-likeness (QED) is 0.893. The zero-order valence-corrected chi connectivity index (χ0v) is 10.9. The molecule has 2 heterocycles. The highest BCUT2D eigenvalue weighted by molar-refractivity contribution is 7.17. The van der Waals surface area contributed by atoms with Gasteiger partial charge in [-0.2, -0.15) is 0 Å². The first kappa shape index (κ1) is 12.8. The van der Waals surface area contributed by atoms with Gasteiger partial charge in [-0.15, -0.1) is 11.3 Å². The highest BCUT2D eigenvalue weighted by atomic mass is 32.1. The minimum absolute atomic E-state index is 0.185. The van der Waals surface area contributed by atoms with Crippen molar-refractivity contribution in [3.63, 3.8) is 0 Å². The van der Waals surface area contributed by atoms with E-state index >= 15 is 0 Å². The number of rotatable bonds is 5. The Kier molecular flexibility index (Phi) is 3.76. The second-order valence-electron chi connectivity index (χ2n) is 4.15. The molecule has 0 saturated heterocycles. The average molecular weight is 265 g/mol. The average Bonchev–Trinajstić information content (AvgIpc) is 2.80. The summed E-state index contributed by atoms with van der Waals surface area (Å²) in [5.74, 6) is -0.483. The molecule has 18 heavy (non-hydrogen) atoms. The van der Waals surface area contributed by atoms with Crippen molar-refractivity contribution in [2.45, 2.75) is 32.2 Å². The molecule has 5 nitrogen and oxygen atoms in total. The van der Waals surface area contributed by atoms with Gasteiger partial charge in [-0.05, 0) is 17.9 Å². The number of fused-ring (bicyclic) bond motifs is 1. The molecule has 2 aromatic rings. The summed E-state index contributed by atoms with van der Waals surface area (Å²) in [7, 11) is 0. The van der Waals surface area contributed by atoms with Crippen molar-refractivity contribution in [2.75, 3.05) is 0 Å². The molecule has 6 heteroatoms. The second kappa shape index (κ2) is 5.30. The van der Waals surface area contributed by atoms with Crippen LogP contribution in [-0.4, -0.2) is 15.5 Å². The molecule has 0 radical (unpaired) electrons. The summed E-state index contributed by atoms with van der Waals surface area (Å²) < 4.78 is 1.93. The van der Waals surface area contributed by atoms with Crippen LogP contribution >= 0.6 is 11.3 Å². The number of carbonyl (C=O) groups is 1. The smallest absolute Gasteiger partial charge is 0.272 e. The number of aromatic nitrogens is 2. The van der Waals surface area contributed by atoms with Crippen molar-refractivity contribution in [3.8, 4) is 0 Å². The number of hydrogen-bond donors (Lipinski definition) is 1. The first-order chi connectivity index (χ1) is 8.65. The molecule has 2 rings (SSSR count). The van der Waals surface area contributed by atoms with Gasteiger partial charge in [0, 0.05) is 0 Å². The summed E-state index contributed by atoms with van der Waals surface area (Å²) in [5.41, 5.74) is 5.86. The van der Waals surface area contributed by atoms with Gasteiger partial charge >= 0.3 is 0 Å². The van der Waals surface area contributed by atoms with E-state index in [9.17, 15) is 9.59 Å². The van der Waals surface area contributed by atoms with E-state index in [2.05, 4.69) is 4.98 Å². The summed E-state index contributed by atoms with van der Waals surface area (Å²) in [6.07, 6.45) is 3.79. The third-order valence-electron chi connectivity index (χ3n) is 2.89. The summed E-state index contributed by atoms with van der Waals surface area (Å²) >= 11 is 1.33. The van der Waals surface area contributed by atoms with Gasteiger partial charge in [0.05, 0.1) is 11.8 Å².